The lowest BCUT2D eigenvalue weighted by molar-refractivity contribution is -0.154. The molecule has 0 aliphatic rings. The molecular formula is C37H72NO7P. The van der Waals surface area contributed by atoms with E-state index in [9.17, 15) is 14.3 Å². The Morgan fingerprint density at radius 3 is 1.76 bits per heavy atom. The van der Waals surface area contributed by atoms with Gasteiger partial charge in [-0.15, -0.1) is 0 Å². The first-order valence-electron chi connectivity index (χ1n) is 18.8. The summed E-state index contributed by atoms with van der Waals surface area (Å²) >= 11 is 0. The number of rotatable bonds is 36. The summed E-state index contributed by atoms with van der Waals surface area (Å²) in [5.74, 6) is -0.344. The lowest BCUT2D eigenvalue weighted by Crippen LogP contribution is -2.28. The second-order valence-electron chi connectivity index (χ2n) is 12.4. The van der Waals surface area contributed by atoms with Gasteiger partial charge in [-0.1, -0.05) is 147 Å². The number of phosphoric ester groups is 1. The third-order valence-corrected chi connectivity index (χ3v) is 8.86. The number of esters is 1. The highest BCUT2D eigenvalue weighted by atomic mass is 31.2. The number of allylic oxidation sites excluding steroid dienone is 4. The summed E-state index contributed by atoms with van der Waals surface area (Å²) in [6.45, 7) is 4.87. The van der Waals surface area contributed by atoms with E-state index < -0.39 is 13.9 Å². The number of nitrogens with two attached hydrogens (primary N) is 1. The van der Waals surface area contributed by atoms with Crippen molar-refractivity contribution in [1.29, 1.82) is 0 Å². The van der Waals surface area contributed by atoms with Crippen LogP contribution in [0.3, 0.4) is 0 Å². The molecule has 2 unspecified atom stereocenters. The number of ether oxygens (including phenoxy) is 2. The smallest absolute Gasteiger partial charge is 0.457 e. The number of hydrogen-bond donors (Lipinski definition) is 2. The Morgan fingerprint density at radius 1 is 0.652 bits per heavy atom. The van der Waals surface area contributed by atoms with E-state index >= 15 is 0 Å². The Bertz CT molecular complexity index is 762. The van der Waals surface area contributed by atoms with E-state index in [1.807, 2.05) is 0 Å². The normalized spacial score (nSPS) is 13.9. The predicted octanol–water partition coefficient (Wildman–Crippen LogP) is 10.5. The Labute approximate surface area is 283 Å². The quantitative estimate of drug-likeness (QED) is 0.0292. The van der Waals surface area contributed by atoms with Gasteiger partial charge in [0.05, 0.1) is 19.8 Å². The Morgan fingerprint density at radius 2 is 1.17 bits per heavy atom. The molecule has 272 valence electrons. The van der Waals surface area contributed by atoms with Gasteiger partial charge >= 0.3 is 13.8 Å². The minimum absolute atomic E-state index is 0.0967. The second kappa shape index (κ2) is 35.3. The standard InChI is InChI=1S/C37H72NO7P/c1-3-5-7-9-11-13-15-17-18-20-22-24-26-28-30-37(39)45-36(35-44-46(40,41)43-33-31-38)34-42-32-29-27-25-23-21-19-16-14-12-10-8-6-4-2/h9,11,15,17,36H,3-8,10,12-14,16,18-35,38H2,1-2H3,(H,40,41)/b11-9-,17-15-. The predicted molar refractivity (Wildman–Crippen MR) is 192 cm³/mol. The fourth-order valence-electron chi connectivity index (χ4n) is 5.07. The van der Waals surface area contributed by atoms with E-state index in [4.69, 9.17) is 24.3 Å². The van der Waals surface area contributed by atoms with Gasteiger partial charge in [-0.2, -0.15) is 0 Å². The minimum atomic E-state index is -4.27. The molecule has 8 nitrogen and oxygen atoms in total. The monoisotopic (exact) mass is 674 g/mol. The fraction of sp³-hybridized carbons (Fsp3) is 0.865. The van der Waals surface area contributed by atoms with Gasteiger partial charge in [0.1, 0.15) is 6.10 Å². The highest BCUT2D eigenvalue weighted by Gasteiger charge is 2.25. The Balaban J connectivity index is 4.11. The second-order valence-corrected chi connectivity index (χ2v) is 13.9. The Hall–Kier alpha value is -1.02. The molecule has 0 radical (unpaired) electrons. The topological polar surface area (TPSA) is 117 Å². The molecule has 0 amide bonds. The van der Waals surface area contributed by atoms with Crippen LogP contribution in [0.15, 0.2) is 24.3 Å². The summed E-state index contributed by atoms with van der Waals surface area (Å²) in [5, 5.41) is 0. The molecule has 2 atom stereocenters. The zero-order valence-electron chi connectivity index (χ0n) is 29.8. The van der Waals surface area contributed by atoms with Crippen molar-refractivity contribution < 1.29 is 32.8 Å². The number of carbonyl (C=O) groups is 1. The molecule has 0 rings (SSSR count). The van der Waals surface area contributed by atoms with Gasteiger partial charge in [0, 0.05) is 19.6 Å². The summed E-state index contributed by atoms with van der Waals surface area (Å²) in [7, 11) is -4.27. The molecule has 9 heteroatoms. The SMILES string of the molecule is CCCC/C=C\C/C=C\CCCCCCCC(=O)OC(COCCCCCCCCCCCCCCC)COP(=O)(O)OCCN. The van der Waals surface area contributed by atoms with Crippen LogP contribution in [0.2, 0.25) is 0 Å². The maximum Gasteiger partial charge on any atom is 0.472 e. The molecule has 3 N–H and O–H groups in total. The highest BCUT2D eigenvalue weighted by molar-refractivity contribution is 7.47. The molecule has 0 aliphatic heterocycles. The third-order valence-electron chi connectivity index (χ3n) is 7.87. The zero-order chi connectivity index (χ0) is 33.8. The van der Waals surface area contributed by atoms with Crippen molar-refractivity contribution in [2.24, 2.45) is 5.73 Å². The Kier molecular flexibility index (Phi) is 34.5. The molecule has 0 aromatic rings. The van der Waals surface area contributed by atoms with Crippen molar-refractivity contribution in [3.8, 4) is 0 Å². The average molecular weight is 674 g/mol. The summed E-state index contributed by atoms with van der Waals surface area (Å²) in [5.41, 5.74) is 5.35. The van der Waals surface area contributed by atoms with Crippen LogP contribution < -0.4 is 5.73 Å². The van der Waals surface area contributed by atoms with E-state index in [1.165, 1.54) is 89.9 Å². The molecule has 0 aliphatic carbocycles. The maximum atomic E-state index is 12.5. The lowest BCUT2D eigenvalue weighted by atomic mass is 10.0. The molecule has 0 aromatic carbocycles. The van der Waals surface area contributed by atoms with E-state index in [0.717, 1.165) is 57.8 Å². The van der Waals surface area contributed by atoms with Crippen molar-refractivity contribution in [3.05, 3.63) is 24.3 Å². The van der Waals surface area contributed by atoms with Crippen molar-refractivity contribution in [2.45, 2.75) is 174 Å². The van der Waals surface area contributed by atoms with Crippen molar-refractivity contribution in [1.82, 2.24) is 0 Å². The van der Waals surface area contributed by atoms with E-state index in [1.54, 1.807) is 0 Å². The zero-order valence-corrected chi connectivity index (χ0v) is 30.7. The number of phosphoric acid groups is 1. The van der Waals surface area contributed by atoms with Crippen LogP contribution in [0.25, 0.3) is 0 Å². The summed E-state index contributed by atoms with van der Waals surface area (Å²) in [6, 6.07) is 0. The molecule has 0 saturated heterocycles. The first-order chi connectivity index (χ1) is 22.4. The van der Waals surface area contributed by atoms with Crippen LogP contribution in [0.5, 0.6) is 0 Å². The lowest BCUT2D eigenvalue weighted by Gasteiger charge is -2.20. The maximum absolute atomic E-state index is 12.5. The van der Waals surface area contributed by atoms with E-state index in [-0.39, 0.29) is 32.3 Å². The van der Waals surface area contributed by atoms with Gasteiger partial charge in [0.15, 0.2) is 0 Å². The summed E-state index contributed by atoms with van der Waals surface area (Å²) in [6.07, 6.45) is 36.1. The molecule has 0 bridgehead atoms. The minimum Gasteiger partial charge on any atom is -0.457 e. The summed E-state index contributed by atoms with van der Waals surface area (Å²) in [4.78, 5) is 22.3. The number of carbonyl (C=O) groups excluding carboxylic acids is 1. The van der Waals surface area contributed by atoms with Crippen LogP contribution in [-0.2, 0) is 27.9 Å². The molecular weight excluding hydrogens is 601 g/mol. The van der Waals surface area contributed by atoms with Crippen LogP contribution >= 0.6 is 7.82 Å². The van der Waals surface area contributed by atoms with Crippen LogP contribution in [0.1, 0.15) is 168 Å². The van der Waals surface area contributed by atoms with Gasteiger partial charge in [0.25, 0.3) is 0 Å². The molecule has 0 aromatic heterocycles. The van der Waals surface area contributed by atoms with Crippen molar-refractivity contribution in [3.63, 3.8) is 0 Å². The number of hydrogen-bond acceptors (Lipinski definition) is 7. The molecule has 0 spiro atoms. The first kappa shape index (κ1) is 45.0. The fourth-order valence-corrected chi connectivity index (χ4v) is 5.84. The van der Waals surface area contributed by atoms with Gasteiger partial charge in [0.2, 0.25) is 0 Å². The third kappa shape index (κ3) is 34.3. The summed E-state index contributed by atoms with van der Waals surface area (Å²) < 4.78 is 33.3. The number of unbranched alkanes of at least 4 members (excludes halogenated alkanes) is 19. The van der Waals surface area contributed by atoms with Crippen molar-refractivity contribution in [2.75, 3.05) is 33.0 Å². The van der Waals surface area contributed by atoms with Crippen molar-refractivity contribution >= 4 is 13.8 Å². The van der Waals surface area contributed by atoms with Crippen LogP contribution in [-0.4, -0.2) is 49.9 Å². The van der Waals surface area contributed by atoms with Crippen LogP contribution in [0, 0.1) is 0 Å². The van der Waals surface area contributed by atoms with E-state index in [0.29, 0.717) is 13.0 Å². The van der Waals surface area contributed by atoms with Gasteiger partial charge in [-0.05, 0) is 38.5 Å². The van der Waals surface area contributed by atoms with Gasteiger partial charge < -0.3 is 20.1 Å². The molecule has 0 heterocycles. The average Bonchev–Trinajstić information content (AvgIpc) is 3.04. The van der Waals surface area contributed by atoms with Gasteiger partial charge in [-0.3, -0.25) is 13.8 Å². The molecule has 46 heavy (non-hydrogen) atoms. The van der Waals surface area contributed by atoms with E-state index in [2.05, 4.69) is 38.2 Å². The largest absolute Gasteiger partial charge is 0.472 e. The first-order valence-corrected chi connectivity index (χ1v) is 20.3. The molecule has 0 saturated carbocycles. The van der Waals surface area contributed by atoms with Crippen LogP contribution in [0.4, 0.5) is 0 Å². The highest BCUT2D eigenvalue weighted by Crippen LogP contribution is 2.43. The molecule has 0 fully saturated rings. The van der Waals surface area contributed by atoms with Gasteiger partial charge in [-0.25, -0.2) is 4.57 Å².